The maximum absolute atomic E-state index is 10.9. The van der Waals surface area contributed by atoms with Crippen molar-refractivity contribution in [3.8, 4) is 0 Å². The Kier molecular flexibility index (Phi) is 3.61. The van der Waals surface area contributed by atoms with E-state index in [0.29, 0.717) is 6.42 Å². The molecule has 1 N–H and O–H groups in total. The number of Topliss-reactive ketones (excluding diaryl/α,β-unsaturated/α-hetero) is 1. The Morgan fingerprint density at radius 2 is 1.93 bits per heavy atom. The molecule has 0 amide bonds. The second-order valence-corrected chi connectivity index (χ2v) is 3.71. The van der Waals surface area contributed by atoms with Crippen LogP contribution in [0.2, 0.25) is 0 Å². The van der Waals surface area contributed by atoms with Gasteiger partial charge in [-0.15, -0.1) is 0 Å². The highest BCUT2D eigenvalue weighted by molar-refractivity contribution is 5.78. The summed E-state index contributed by atoms with van der Waals surface area (Å²) in [6, 6.07) is 5.47. The lowest BCUT2D eigenvalue weighted by Gasteiger charge is -2.05. The first-order chi connectivity index (χ1) is 6.99. The molecular weight excluding hydrogens is 192 g/mol. The molecule has 0 fully saturated rings. The highest BCUT2D eigenvalue weighted by Crippen LogP contribution is 2.12. The molecule has 0 heterocycles. The van der Waals surface area contributed by atoms with Gasteiger partial charge < -0.3 is 5.11 Å². The van der Waals surface area contributed by atoms with Crippen LogP contribution in [0.15, 0.2) is 18.2 Å². The van der Waals surface area contributed by atoms with Gasteiger partial charge in [0.1, 0.15) is 5.78 Å². The number of hydrogen-bond donors (Lipinski definition) is 1. The second-order valence-electron chi connectivity index (χ2n) is 3.71. The minimum atomic E-state index is -0.836. The number of carboxylic acid groups (broad SMARTS) is 1. The van der Waals surface area contributed by atoms with Crippen molar-refractivity contribution in [3.05, 3.63) is 34.9 Å². The molecule has 0 unspecified atom stereocenters. The number of aliphatic carboxylic acids is 1. The lowest BCUT2D eigenvalue weighted by Crippen LogP contribution is -2.03. The van der Waals surface area contributed by atoms with Gasteiger partial charge in [0.2, 0.25) is 0 Å². The molecular formula is C12H14O3. The zero-order valence-electron chi connectivity index (χ0n) is 8.91. The predicted molar refractivity (Wildman–Crippen MR) is 56.9 cm³/mol. The standard InChI is InChI=1S/C12H14O3/c1-8-5-10(6-9(2)13)3-4-11(8)7-12(14)15/h3-5H,6-7H2,1-2H3,(H,14,15). The monoisotopic (exact) mass is 206 g/mol. The maximum Gasteiger partial charge on any atom is 0.307 e. The van der Waals surface area contributed by atoms with Gasteiger partial charge in [0.25, 0.3) is 0 Å². The second kappa shape index (κ2) is 4.73. The van der Waals surface area contributed by atoms with Crippen molar-refractivity contribution in [1.82, 2.24) is 0 Å². The van der Waals surface area contributed by atoms with E-state index in [-0.39, 0.29) is 12.2 Å². The van der Waals surface area contributed by atoms with E-state index in [1.54, 1.807) is 13.0 Å². The van der Waals surface area contributed by atoms with Gasteiger partial charge in [0, 0.05) is 6.42 Å². The molecule has 80 valence electrons. The molecule has 0 aliphatic heterocycles. The van der Waals surface area contributed by atoms with Crippen LogP contribution in [0.25, 0.3) is 0 Å². The largest absolute Gasteiger partial charge is 0.481 e. The Labute approximate surface area is 88.7 Å². The Hall–Kier alpha value is -1.64. The fourth-order valence-electron chi connectivity index (χ4n) is 1.52. The smallest absolute Gasteiger partial charge is 0.307 e. The summed E-state index contributed by atoms with van der Waals surface area (Å²) in [5.41, 5.74) is 2.67. The molecule has 0 aliphatic carbocycles. The Morgan fingerprint density at radius 1 is 1.27 bits per heavy atom. The van der Waals surface area contributed by atoms with Crippen LogP contribution in [0.5, 0.6) is 0 Å². The molecule has 0 atom stereocenters. The number of hydrogen-bond acceptors (Lipinski definition) is 2. The van der Waals surface area contributed by atoms with Crippen molar-refractivity contribution in [1.29, 1.82) is 0 Å². The van der Waals surface area contributed by atoms with Gasteiger partial charge in [0.05, 0.1) is 6.42 Å². The maximum atomic E-state index is 10.9. The molecule has 0 bridgehead atoms. The van der Waals surface area contributed by atoms with Gasteiger partial charge in [-0.1, -0.05) is 18.2 Å². The molecule has 15 heavy (non-hydrogen) atoms. The molecule has 0 radical (unpaired) electrons. The normalized spacial score (nSPS) is 10.0. The van der Waals surface area contributed by atoms with Crippen LogP contribution < -0.4 is 0 Å². The van der Waals surface area contributed by atoms with Crippen molar-refractivity contribution in [2.75, 3.05) is 0 Å². The van der Waals surface area contributed by atoms with Crippen molar-refractivity contribution in [2.24, 2.45) is 0 Å². The van der Waals surface area contributed by atoms with E-state index in [9.17, 15) is 9.59 Å². The molecule has 0 aromatic heterocycles. The Bertz CT molecular complexity index is 394. The van der Waals surface area contributed by atoms with Crippen molar-refractivity contribution in [2.45, 2.75) is 26.7 Å². The minimum Gasteiger partial charge on any atom is -0.481 e. The first-order valence-corrected chi connectivity index (χ1v) is 4.78. The van der Waals surface area contributed by atoms with Crippen molar-refractivity contribution < 1.29 is 14.7 Å². The number of rotatable bonds is 4. The van der Waals surface area contributed by atoms with Gasteiger partial charge in [-0.3, -0.25) is 9.59 Å². The molecule has 3 nitrogen and oxygen atoms in total. The van der Waals surface area contributed by atoms with Crippen LogP contribution in [0, 0.1) is 6.92 Å². The fraction of sp³-hybridized carbons (Fsp3) is 0.333. The molecule has 0 spiro atoms. The number of carboxylic acids is 1. The third-order valence-electron chi connectivity index (χ3n) is 2.20. The number of carbonyl (C=O) groups excluding carboxylic acids is 1. The van der Waals surface area contributed by atoms with E-state index in [0.717, 1.165) is 16.7 Å². The summed E-state index contributed by atoms with van der Waals surface area (Å²) in [6.45, 7) is 3.41. The third kappa shape index (κ3) is 3.54. The molecule has 0 saturated heterocycles. The van der Waals surface area contributed by atoms with E-state index in [2.05, 4.69) is 0 Å². The minimum absolute atomic E-state index is 0.0339. The lowest BCUT2D eigenvalue weighted by atomic mass is 10.0. The van der Waals surface area contributed by atoms with E-state index in [1.165, 1.54) is 0 Å². The van der Waals surface area contributed by atoms with Gasteiger partial charge in [-0.25, -0.2) is 0 Å². The molecule has 1 rings (SSSR count). The molecule has 1 aromatic carbocycles. The summed E-state index contributed by atoms with van der Waals surface area (Å²) >= 11 is 0. The van der Waals surface area contributed by atoms with Crippen LogP contribution in [0.4, 0.5) is 0 Å². The third-order valence-corrected chi connectivity index (χ3v) is 2.20. The van der Waals surface area contributed by atoms with E-state index < -0.39 is 5.97 Å². The quantitative estimate of drug-likeness (QED) is 0.816. The summed E-state index contributed by atoms with van der Waals surface area (Å²) < 4.78 is 0. The zero-order chi connectivity index (χ0) is 11.4. The average molecular weight is 206 g/mol. The molecule has 3 heteroatoms. The van der Waals surface area contributed by atoms with Crippen LogP contribution in [-0.2, 0) is 22.4 Å². The Morgan fingerprint density at radius 3 is 2.40 bits per heavy atom. The summed E-state index contributed by atoms with van der Waals surface area (Å²) in [6.07, 6.45) is 0.445. The summed E-state index contributed by atoms with van der Waals surface area (Å²) in [7, 11) is 0. The van der Waals surface area contributed by atoms with Crippen LogP contribution in [0.1, 0.15) is 23.6 Å². The Balaban J connectivity index is 2.87. The summed E-state index contributed by atoms with van der Waals surface area (Å²) in [4.78, 5) is 21.4. The van der Waals surface area contributed by atoms with Gasteiger partial charge in [-0.05, 0) is 30.5 Å². The predicted octanol–water partition coefficient (Wildman–Crippen LogP) is 1.75. The number of aryl methyl sites for hydroxylation is 1. The SMILES string of the molecule is CC(=O)Cc1ccc(CC(=O)O)c(C)c1. The summed E-state index contributed by atoms with van der Waals surface area (Å²) in [5.74, 6) is -0.724. The molecule has 0 saturated carbocycles. The van der Waals surface area contributed by atoms with Crippen LogP contribution in [-0.4, -0.2) is 16.9 Å². The van der Waals surface area contributed by atoms with Crippen molar-refractivity contribution >= 4 is 11.8 Å². The number of benzene rings is 1. The average Bonchev–Trinajstić information content (AvgIpc) is 2.08. The highest BCUT2D eigenvalue weighted by atomic mass is 16.4. The lowest BCUT2D eigenvalue weighted by molar-refractivity contribution is -0.136. The summed E-state index contributed by atoms with van der Waals surface area (Å²) in [5, 5.41) is 8.65. The van der Waals surface area contributed by atoms with Crippen LogP contribution >= 0.6 is 0 Å². The number of carbonyl (C=O) groups is 2. The van der Waals surface area contributed by atoms with Crippen molar-refractivity contribution in [3.63, 3.8) is 0 Å². The first kappa shape index (κ1) is 11.4. The van der Waals surface area contributed by atoms with E-state index >= 15 is 0 Å². The molecule has 1 aromatic rings. The zero-order valence-corrected chi connectivity index (χ0v) is 8.91. The number of ketones is 1. The van der Waals surface area contributed by atoms with Gasteiger partial charge >= 0.3 is 5.97 Å². The first-order valence-electron chi connectivity index (χ1n) is 4.78. The van der Waals surface area contributed by atoms with E-state index in [1.807, 2.05) is 19.1 Å². The highest BCUT2D eigenvalue weighted by Gasteiger charge is 2.05. The van der Waals surface area contributed by atoms with Gasteiger partial charge in [-0.2, -0.15) is 0 Å². The topological polar surface area (TPSA) is 54.4 Å². The van der Waals surface area contributed by atoms with E-state index in [4.69, 9.17) is 5.11 Å². The fourth-order valence-corrected chi connectivity index (χ4v) is 1.52. The molecule has 0 aliphatic rings. The van der Waals surface area contributed by atoms with Crippen LogP contribution in [0.3, 0.4) is 0 Å². The van der Waals surface area contributed by atoms with Gasteiger partial charge in [0.15, 0.2) is 0 Å².